The summed E-state index contributed by atoms with van der Waals surface area (Å²) in [5.41, 5.74) is 0.520. The average molecular weight is 290 g/mol. The highest BCUT2D eigenvalue weighted by Gasteiger charge is 2.15. The van der Waals surface area contributed by atoms with Crippen LogP contribution in [0.5, 0.6) is 0 Å². The van der Waals surface area contributed by atoms with Gasteiger partial charge in [0, 0.05) is 32.9 Å². The Morgan fingerprint density at radius 2 is 2.29 bits per heavy atom. The first-order valence-electron chi connectivity index (χ1n) is 7.08. The number of nitrogens with zero attached hydrogens (tertiary/aromatic N) is 3. The topological polar surface area (TPSA) is 78.2 Å². The third-order valence-electron chi connectivity index (χ3n) is 2.91. The van der Waals surface area contributed by atoms with Crippen LogP contribution in [-0.4, -0.2) is 49.1 Å². The predicted molar refractivity (Wildman–Crippen MR) is 81.0 cm³/mol. The molecular formula is C15H22N4O2. The Balaban J connectivity index is 2.70. The van der Waals surface area contributed by atoms with Crippen LogP contribution in [0.3, 0.4) is 0 Å². The lowest BCUT2D eigenvalue weighted by Gasteiger charge is -2.21. The number of amides is 1. The van der Waals surface area contributed by atoms with E-state index in [0.717, 1.165) is 18.8 Å². The first-order chi connectivity index (χ1) is 10.2. The summed E-state index contributed by atoms with van der Waals surface area (Å²) in [5, 5.41) is 11.8. The summed E-state index contributed by atoms with van der Waals surface area (Å²) in [6, 6.07) is 5.60. The van der Waals surface area contributed by atoms with E-state index in [1.807, 2.05) is 0 Å². The molecule has 0 atom stereocenters. The van der Waals surface area contributed by atoms with Gasteiger partial charge >= 0.3 is 0 Å². The third kappa shape index (κ3) is 5.79. The van der Waals surface area contributed by atoms with E-state index in [2.05, 4.69) is 23.3 Å². The molecule has 0 unspecified atom stereocenters. The average Bonchev–Trinajstić information content (AvgIpc) is 2.53. The van der Waals surface area contributed by atoms with Crippen LogP contribution < -0.4 is 5.32 Å². The number of hydrogen-bond donors (Lipinski definition) is 1. The molecule has 0 saturated carbocycles. The molecule has 0 saturated heterocycles. The molecule has 6 heteroatoms. The highest BCUT2D eigenvalue weighted by Crippen LogP contribution is 2.08. The number of carbonyl (C=O) groups is 1. The van der Waals surface area contributed by atoms with Gasteiger partial charge in [-0.05, 0) is 18.6 Å². The standard InChI is InChI=1S/C15H22N4O2/c1-3-8-17-14-6-5-13(12-18-14)15(20)19(9-4-7-16)10-11-21-2/h5-6,12H,3-4,8-11H2,1-2H3,(H,17,18). The summed E-state index contributed by atoms with van der Waals surface area (Å²) in [6.45, 7) is 4.23. The fraction of sp³-hybridized carbons (Fsp3) is 0.533. The highest BCUT2D eigenvalue weighted by molar-refractivity contribution is 5.94. The van der Waals surface area contributed by atoms with Crippen molar-refractivity contribution in [2.75, 3.05) is 38.7 Å². The van der Waals surface area contributed by atoms with Gasteiger partial charge in [0.05, 0.1) is 24.7 Å². The molecule has 1 aromatic heterocycles. The number of nitrogens with one attached hydrogen (secondary N) is 1. The number of ether oxygens (including phenoxy) is 1. The lowest BCUT2D eigenvalue weighted by molar-refractivity contribution is 0.0699. The van der Waals surface area contributed by atoms with Crippen LogP contribution in [0.1, 0.15) is 30.1 Å². The van der Waals surface area contributed by atoms with Crippen LogP contribution >= 0.6 is 0 Å². The minimum atomic E-state index is -0.128. The van der Waals surface area contributed by atoms with E-state index in [4.69, 9.17) is 10.00 Å². The number of rotatable bonds is 9. The number of pyridine rings is 1. The number of carbonyl (C=O) groups excluding carboxylic acids is 1. The van der Waals surface area contributed by atoms with Gasteiger partial charge < -0.3 is 15.0 Å². The summed E-state index contributed by atoms with van der Waals surface area (Å²) >= 11 is 0. The van der Waals surface area contributed by atoms with Gasteiger partial charge in [0.25, 0.3) is 5.91 Å². The van der Waals surface area contributed by atoms with Crippen LogP contribution in [0.4, 0.5) is 5.82 Å². The molecule has 1 heterocycles. The Morgan fingerprint density at radius 1 is 1.48 bits per heavy atom. The highest BCUT2D eigenvalue weighted by atomic mass is 16.5. The first-order valence-corrected chi connectivity index (χ1v) is 7.08. The molecule has 0 aliphatic rings. The lowest BCUT2D eigenvalue weighted by atomic mass is 10.2. The first kappa shape index (κ1) is 16.9. The Labute approximate surface area is 125 Å². The summed E-state index contributed by atoms with van der Waals surface area (Å²) in [7, 11) is 1.59. The largest absolute Gasteiger partial charge is 0.383 e. The summed E-state index contributed by atoms with van der Waals surface area (Å²) in [4.78, 5) is 18.2. The van der Waals surface area contributed by atoms with E-state index in [1.165, 1.54) is 0 Å². The summed E-state index contributed by atoms with van der Waals surface area (Å²) in [5.74, 6) is 0.630. The Bertz CT molecular complexity index is 468. The number of nitriles is 1. The van der Waals surface area contributed by atoms with Crippen molar-refractivity contribution in [3.63, 3.8) is 0 Å². The van der Waals surface area contributed by atoms with E-state index < -0.39 is 0 Å². The molecule has 1 amide bonds. The lowest BCUT2D eigenvalue weighted by Crippen LogP contribution is -2.34. The van der Waals surface area contributed by atoms with E-state index in [9.17, 15) is 4.79 Å². The zero-order valence-electron chi connectivity index (χ0n) is 12.6. The second-order valence-corrected chi connectivity index (χ2v) is 4.55. The summed E-state index contributed by atoms with van der Waals surface area (Å²) < 4.78 is 5.00. The molecule has 0 aliphatic heterocycles. The van der Waals surface area contributed by atoms with Crippen molar-refractivity contribution in [3.8, 4) is 6.07 Å². The second-order valence-electron chi connectivity index (χ2n) is 4.55. The monoisotopic (exact) mass is 290 g/mol. The third-order valence-corrected chi connectivity index (χ3v) is 2.91. The maximum Gasteiger partial charge on any atom is 0.255 e. The SMILES string of the molecule is CCCNc1ccc(C(=O)N(CCC#N)CCOC)cn1. The Kier molecular flexibility index (Phi) is 7.84. The van der Waals surface area contributed by atoms with Crippen molar-refractivity contribution in [1.29, 1.82) is 5.26 Å². The van der Waals surface area contributed by atoms with E-state index in [1.54, 1.807) is 30.3 Å². The molecular weight excluding hydrogens is 268 g/mol. The minimum Gasteiger partial charge on any atom is -0.383 e. The van der Waals surface area contributed by atoms with Crippen molar-refractivity contribution in [2.24, 2.45) is 0 Å². The number of hydrogen-bond acceptors (Lipinski definition) is 5. The van der Waals surface area contributed by atoms with E-state index in [-0.39, 0.29) is 5.91 Å². The molecule has 21 heavy (non-hydrogen) atoms. The van der Waals surface area contributed by atoms with Gasteiger partial charge in [-0.3, -0.25) is 4.79 Å². The van der Waals surface area contributed by atoms with Gasteiger partial charge in [0.2, 0.25) is 0 Å². The van der Waals surface area contributed by atoms with Crippen molar-refractivity contribution >= 4 is 11.7 Å². The normalized spacial score (nSPS) is 9.95. The molecule has 0 radical (unpaired) electrons. The van der Waals surface area contributed by atoms with Crippen LogP contribution in [-0.2, 0) is 4.74 Å². The summed E-state index contributed by atoms with van der Waals surface area (Å²) in [6.07, 6.45) is 2.88. The van der Waals surface area contributed by atoms with Crippen molar-refractivity contribution in [2.45, 2.75) is 19.8 Å². The number of methoxy groups -OCH3 is 1. The van der Waals surface area contributed by atoms with Gasteiger partial charge in [-0.1, -0.05) is 6.92 Å². The minimum absolute atomic E-state index is 0.128. The van der Waals surface area contributed by atoms with Crippen molar-refractivity contribution in [1.82, 2.24) is 9.88 Å². The maximum atomic E-state index is 12.4. The molecule has 1 aromatic rings. The van der Waals surface area contributed by atoms with Crippen LogP contribution in [0.2, 0.25) is 0 Å². The smallest absolute Gasteiger partial charge is 0.255 e. The van der Waals surface area contributed by atoms with Gasteiger partial charge in [-0.2, -0.15) is 5.26 Å². The molecule has 1 N–H and O–H groups in total. The van der Waals surface area contributed by atoms with E-state index >= 15 is 0 Å². The molecule has 0 bridgehead atoms. The molecule has 0 aliphatic carbocycles. The van der Waals surface area contributed by atoms with Crippen LogP contribution in [0, 0.1) is 11.3 Å². The van der Waals surface area contributed by atoms with Crippen LogP contribution in [0.15, 0.2) is 18.3 Å². The maximum absolute atomic E-state index is 12.4. The molecule has 1 rings (SSSR count). The fourth-order valence-electron chi connectivity index (χ4n) is 1.76. The Morgan fingerprint density at radius 3 is 2.86 bits per heavy atom. The second kappa shape index (κ2) is 9.72. The number of aromatic nitrogens is 1. The fourth-order valence-corrected chi connectivity index (χ4v) is 1.76. The van der Waals surface area contributed by atoms with Gasteiger partial charge in [0.1, 0.15) is 5.82 Å². The van der Waals surface area contributed by atoms with Crippen LogP contribution in [0.25, 0.3) is 0 Å². The molecule has 6 nitrogen and oxygen atoms in total. The van der Waals surface area contributed by atoms with Crippen molar-refractivity contribution in [3.05, 3.63) is 23.9 Å². The van der Waals surface area contributed by atoms with Crippen molar-refractivity contribution < 1.29 is 9.53 Å². The zero-order chi connectivity index (χ0) is 15.5. The van der Waals surface area contributed by atoms with Gasteiger partial charge in [-0.25, -0.2) is 4.98 Å². The number of anilines is 1. The molecule has 0 spiro atoms. The quantitative estimate of drug-likeness (QED) is 0.751. The molecule has 114 valence electrons. The Hall–Kier alpha value is -2.13. The molecule has 0 fully saturated rings. The zero-order valence-corrected chi connectivity index (χ0v) is 12.6. The van der Waals surface area contributed by atoms with E-state index in [0.29, 0.717) is 31.7 Å². The predicted octanol–water partition coefficient (Wildman–Crippen LogP) is 1.91. The van der Waals surface area contributed by atoms with Gasteiger partial charge in [-0.15, -0.1) is 0 Å². The molecule has 0 aromatic carbocycles. The van der Waals surface area contributed by atoms with Gasteiger partial charge in [0.15, 0.2) is 0 Å².